The van der Waals surface area contributed by atoms with Crippen molar-refractivity contribution in [1.82, 2.24) is 4.90 Å². The van der Waals surface area contributed by atoms with Gasteiger partial charge < -0.3 is 14.6 Å². The largest absolute Gasteiger partial charge is 0.396 e. The molecule has 3 aliphatic rings. The van der Waals surface area contributed by atoms with Crippen LogP contribution in [0.3, 0.4) is 0 Å². The summed E-state index contributed by atoms with van der Waals surface area (Å²) in [5.41, 5.74) is 2.97. The molecule has 1 saturated heterocycles. The maximum Gasteiger partial charge on any atom is 0.102 e. The summed E-state index contributed by atoms with van der Waals surface area (Å²) < 4.78 is 11.3. The number of methoxy groups -OCH3 is 2. The third kappa shape index (κ3) is 6.53. The molecular weight excluding hydrogens is 374 g/mol. The fourth-order valence-electron chi connectivity index (χ4n) is 5.58. The zero-order valence-corrected chi connectivity index (χ0v) is 19.4. The molecule has 0 aromatic heterocycles. The van der Waals surface area contributed by atoms with E-state index in [1.54, 1.807) is 14.2 Å². The first-order valence-corrected chi connectivity index (χ1v) is 12.1. The molecule has 30 heavy (non-hydrogen) atoms. The van der Waals surface area contributed by atoms with E-state index in [0.717, 1.165) is 38.1 Å². The molecule has 4 heteroatoms. The molecule has 4 atom stereocenters. The Hall–Kier alpha value is -0.940. The number of aliphatic hydroxyl groups excluding tert-OH is 1. The summed E-state index contributed by atoms with van der Waals surface area (Å²) in [6, 6.07) is 0. The van der Waals surface area contributed by atoms with Crippen molar-refractivity contribution >= 4 is 0 Å². The van der Waals surface area contributed by atoms with Gasteiger partial charge in [0.1, 0.15) is 6.10 Å². The predicted molar refractivity (Wildman–Crippen MR) is 124 cm³/mol. The highest BCUT2D eigenvalue weighted by Crippen LogP contribution is 2.36. The van der Waals surface area contributed by atoms with Gasteiger partial charge in [0.2, 0.25) is 0 Å². The van der Waals surface area contributed by atoms with Crippen molar-refractivity contribution in [2.24, 2.45) is 17.8 Å². The first-order chi connectivity index (χ1) is 14.7. The molecule has 3 unspecified atom stereocenters. The van der Waals surface area contributed by atoms with Crippen LogP contribution < -0.4 is 0 Å². The van der Waals surface area contributed by atoms with Crippen molar-refractivity contribution in [2.75, 3.05) is 40.5 Å². The van der Waals surface area contributed by atoms with E-state index < -0.39 is 0 Å². The fraction of sp³-hybridized carbons (Fsp3) is 0.769. The fourth-order valence-corrected chi connectivity index (χ4v) is 5.58. The molecule has 3 rings (SSSR count). The number of ether oxygens (including phenoxy) is 2. The average Bonchev–Trinajstić information content (AvgIpc) is 2.80. The van der Waals surface area contributed by atoms with Gasteiger partial charge >= 0.3 is 0 Å². The van der Waals surface area contributed by atoms with Gasteiger partial charge in [0.05, 0.1) is 6.10 Å². The summed E-state index contributed by atoms with van der Waals surface area (Å²) in [7, 11) is 3.56. The van der Waals surface area contributed by atoms with E-state index >= 15 is 0 Å². The maximum absolute atomic E-state index is 10.1. The van der Waals surface area contributed by atoms with E-state index in [-0.39, 0.29) is 18.8 Å². The number of hydrogen-bond donors (Lipinski definition) is 1. The highest BCUT2D eigenvalue weighted by Gasteiger charge is 2.32. The Morgan fingerprint density at radius 2 is 1.97 bits per heavy atom. The summed E-state index contributed by atoms with van der Waals surface area (Å²) in [6.07, 6.45) is 18.7. The molecule has 0 spiro atoms. The third-order valence-corrected chi connectivity index (χ3v) is 7.49. The van der Waals surface area contributed by atoms with Crippen LogP contribution in [0.5, 0.6) is 0 Å². The van der Waals surface area contributed by atoms with Crippen molar-refractivity contribution in [3.8, 4) is 0 Å². The van der Waals surface area contributed by atoms with Crippen molar-refractivity contribution in [3.63, 3.8) is 0 Å². The van der Waals surface area contributed by atoms with Crippen molar-refractivity contribution in [1.29, 1.82) is 0 Å². The van der Waals surface area contributed by atoms with E-state index in [1.165, 1.54) is 49.9 Å². The van der Waals surface area contributed by atoms with E-state index in [2.05, 4.69) is 36.1 Å². The zero-order chi connectivity index (χ0) is 21.3. The van der Waals surface area contributed by atoms with Gasteiger partial charge in [0.15, 0.2) is 0 Å². The molecule has 0 saturated carbocycles. The molecule has 1 N–H and O–H groups in total. The lowest BCUT2D eigenvalue weighted by Crippen LogP contribution is -2.37. The van der Waals surface area contributed by atoms with Crippen LogP contribution in [0.1, 0.15) is 58.3 Å². The lowest BCUT2D eigenvalue weighted by Gasteiger charge is -2.36. The summed E-state index contributed by atoms with van der Waals surface area (Å²) in [5.74, 6) is 1.65. The monoisotopic (exact) mass is 417 g/mol. The van der Waals surface area contributed by atoms with Gasteiger partial charge in [-0.05, 0) is 87.8 Å². The number of allylic oxidation sites excluding steroid dienone is 3. The number of piperidine rings is 1. The van der Waals surface area contributed by atoms with E-state index in [0.29, 0.717) is 11.8 Å². The van der Waals surface area contributed by atoms with Crippen molar-refractivity contribution in [2.45, 2.75) is 70.5 Å². The number of hydrogen-bond acceptors (Lipinski definition) is 4. The van der Waals surface area contributed by atoms with Gasteiger partial charge in [-0.15, -0.1) is 0 Å². The summed E-state index contributed by atoms with van der Waals surface area (Å²) in [6.45, 7) is 6.04. The number of aliphatic hydroxyl groups is 1. The minimum absolute atomic E-state index is 0.0403. The Bertz CT molecular complexity index is 603. The van der Waals surface area contributed by atoms with Crippen LogP contribution in [0.4, 0.5) is 0 Å². The molecule has 0 aromatic rings. The molecule has 1 aliphatic heterocycles. The quantitative estimate of drug-likeness (QED) is 0.521. The highest BCUT2D eigenvalue weighted by molar-refractivity contribution is 5.23. The molecule has 0 aromatic carbocycles. The zero-order valence-electron chi connectivity index (χ0n) is 19.4. The molecule has 4 nitrogen and oxygen atoms in total. The first kappa shape index (κ1) is 23.7. The minimum atomic E-state index is 0.0403. The minimum Gasteiger partial charge on any atom is -0.396 e. The van der Waals surface area contributed by atoms with Gasteiger partial charge in [0.25, 0.3) is 0 Å². The predicted octanol–water partition coefficient (Wildman–Crippen LogP) is 4.75. The van der Waals surface area contributed by atoms with Crippen LogP contribution in [-0.4, -0.2) is 62.7 Å². The van der Waals surface area contributed by atoms with Crippen molar-refractivity contribution in [3.05, 3.63) is 35.5 Å². The molecule has 2 aliphatic carbocycles. The lowest BCUT2D eigenvalue weighted by atomic mass is 9.77. The second kappa shape index (κ2) is 12.2. The Balaban J connectivity index is 1.50. The van der Waals surface area contributed by atoms with Gasteiger partial charge in [-0.2, -0.15) is 0 Å². The summed E-state index contributed by atoms with van der Waals surface area (Å²) in [4.78, 5) is 2.61. The van der Waals surface area contributed by atoms with Crippen LogP contribution >= 0.6 is 0 Å². The molecule has 170 valence electrons. The molecule has 1 fully saturated rings. The smallest absolute Gasteiger partial charge is 0.102 e. The molecular formula is C26H43NO3. The number of nitrogens with zero attached hydrogens (tertiary/aromatic N) is 1. The SMILES string of the molecule is CCC1C[C@H](OC)C(OC)C=C1CC(CO)CC1CCN(CC2=CCCC=C2)CC1. The van der Waals surface area contributed by atoms with E-state index in [4.69, 9.17) is 9.47 Å². The average molecular weight is 418 g/mol. The molecule has 0 radical (unpaired) electrons. The first-order valence-electron chi connectivity index (χ1n) is 12.1. The molecule has 0 amide bonds. The Labute approximate surface area is 184 Å². The Morgan fingerprint density at radius 3 is 2.57 bits per heavy atom. The van der Waals surface area contributed by atoms with Crippen LogP contribution in [0.2, 0.25) is 0 Å². The van der Waals surface area contributed by atoms with Gasteiger partial charge in [-0.1, -0.05) is 36.8 Å². The van der Waals surface area contributed by atoms with E-state index in [9.17, 15) is 5.11 Å². The molecule has 0 bridgehead atoms. The second-order valence-electron chi connectivity index (χ2n) is 9.52. The normalized spacial score (nSPS) is 29.5. The Kier molecular flexibility index (Phi) is 9.64. The van der Waals surface area contributed by atoms with Gasteiger partial charge in [-0.25, -0.2) is 0 Å². The highest BCUT2D eigenvalue weighted by atomic mass is 16.5. The van der Waals surface area contributed by atoms with Crippen LogP contribution in [0.25, 0.3) is 0 Å². The molecule has 1 heterocycles. The third-order valence-electron chi connectivity index (χ3n) is 7.49. The standard InChI is InChI=1S/C26H43NO3/c1-4-23-16-25(29-2)26(30-3)17-24(23)15-22(19-28)14-20-10-12-27(13-11-20)18-21-8-6-5-7-9-21/h6,8-9,17,20,22-23,25-26,28H,4-5,7,10-16,18-19H2,1-3H3/t22?,23?,25-,26?/m0/s1. The van der Waals surface area contributed by atoms with Crippen LogP contribution in [-0.2, 0) is 9.47 Å². The van der Waals surface area contributed by atoms with Gasteiger partial charge in [0, 0.05) is 27.4 Å². The Morgan fingerprint density at radius 1 is 1.17 bits per heavy atom. The lowest BCUT2D eigenvalue weighted by molar-refractivity contribution is -0.0293. The van der Waals surface area contributed by atoms with Crippen LogP contribution in [0.15, 0.2) is 35.5 Å². The van der Waals surface area contributed by atoms with Gasteiger partial charge in [-0.3, -0.25) is 4.90 Å². The number of rotatable bonds is 10. The number of likely N-dealkylation sites (tertiary alicyclic amines) is 1. The van der Waals surface area contributed by atoms with Crippen molar-refractivity contribution < 1.29 is 14.6 Å². The summed E-state index contributed by atoms with van der Waals surface area (Å²) in [5, 5.41) is 10.1. The van der Waals surface area contributed by atoms with E-state index in [1.807, 2.05) is 0 Å². The maximum atomic E-state index is 10.1. The topological polar surface area (TPSA) is 41.9 Å². The van der Waals surface area contributed by atoms with Crippen LogP contribution in [0, 0.1) is 17.8 Å². The second-order valence-corrected chi connectivity index (χ2v) is 9.52. The summed E-state index contributed by atoms with van der Waals surface area (Å²) >= 11 is 0.